The van der Waals surface area contributed by atoms with Gasteiger partial charge in [0, 0.05) is 24.5 Å². The highest BCUT2D eigenvalue weighted by atomic mass is 32.2. The van der Waals surface area contributed by atoms with Crippen LogP contribution in [0, 0.1) is 5.82 Å². The molecule has 2 heterocycles. The molecule has 0 saturated carbocycles. The largest absolute Gasteiger partial charge is 0.326 e. The number of carbonyl (C=O) groups is 3. The second kappa shape index (κ2) is 8.43. The minimum absolute atomic E-state index is 0.0218. The lowest BCUT2D eigenvalue weighted by molar-refractivity contribution is -0.114. The lowest BCUT2D eigenvalue weighted by atomic mass is 10.2. The van der Waals surface area contributed by atoms with Gasteiger partial charge < -0.3 is 5.32 Å². The summed E-state index contributed by atoms with van der Waals surface area (Å²) < 4.78 is 42.4. The zero-order valence-corrected chi connectivity index (χ0v) is 18.0. The number of hydrogen-bond acceptors (Lipinski definition) is 6. The summed E-state index contributed by atoms with van der Waals surface area (Å²) in [6, 6.07) is 11.9. The molecule has 2 N–H and O–H groups in total. The number of hydrogen-bond donors (Lipinski definition) is 2. The number of nitrogens with one attached hydrogen (secondary N) is 2. The molecular formula is C22H17FN4O5S. The molecular weight excluding hydrogens is 451 g/mol. The van der Waals surface area contributed by atoms with Crippen molar-refractivity contribution in [2.75, 3.05) is 10.0 Å². The normalized spacial score (nSPS) is 13.1. The summed E-state index contributed by atoms with van der Waals surface area (Å²) in [5.74, 6) is -2.36. The number of anilines is 2. The SMILES string of the molecule is CC(=O)Nc1ccc(NS(=O)(=O)c2cc(F)ccc2CN2C(=O)c3cccnc3C2=O)cc1. The molecule has 1 aliphatic rings. The van der Waals surface area contributed by atoms with Crippen LogP contribution in [-0.2, 0) is 21.4 Å². The maximum Gasteiger partial charge on any atom is 0.280 e. The molecule has 3 aromatic rings. The van der Waals surface area contributed by atoms with Crippen molar-refractivity contribution < 1.29 is 27.2 Å². The quantitative estimate of drug-likeness (QED) is 0.536. The molecule has 0 spiro atoms. The van der Waals surface area contributed by atoms with Crippen molar-refractivity contribution >= 4 is 39.1 Å². The Hall–Kier alpha value is -4.12. The van der Waals surface area contributed by atoms with Crippen molar-refractivity contribution in [1.82, 2.24) is 9.88 Å². The highest BCUT2D eigenvalue weighted by molar-refractivity contribution is 7.92. The van der Waals surface area contributed by atoms with Gasteiger partial charge in [-0.1, -0.05) is 6.07 Å². The van der Waals surface area contributed by atoms with Gasteiger partial charge in [0.1, 0.15) is 11.5 Å². The van der Waals surface area contributed by atoms with E-state index in [2.05, 4.69) is 15.0 Å². The van der Waals surface area contributed by atoms with Gasteiger partial charge in [0.25, 0.3) is 21.8 Å². The summed E-state index contributed by atoms with van der Waals surface area (Å²) in [6.45, 7) is 0.957. The van der Waals surface area contributed by atoms with Gasteiger partial charge in [-0.05, 0) is 54.1 Å². The van der Waals surface area contributed by atoms with E-state index in [9.17, 15) is 27.2 Å². The van der Waals surface area contributed by atoms with Crippen LogP contribution in [0.5, 0.6) is 0 Å². The molecule has 0 aliphatic carbocycles. The van der Waals surface area contributed by atoms with E-state index < -0.39 is 32.6 Å². The van der Waals surface area contributed by atoms with E-state index in [4.69, 9.17) is 0 Å². The number of aromatic nitrogens is 1. The monoisotopic (exact) mass is 468 g/mol. The molecule has 33 heavy (non-hydrogen) atoms. The molecule has 4 rings (SSSR count). The Morgan fingerprint density at radius 2 is 1.73 bits per heavy atom. The number of nitrogens with zero attached hydrogens (tertiary/aromatic N) is 2. The number of amides is 3. The summed E-state index contributed by atoms with van der Waals surface area (Å²) in [7, 11) is -4.29. The predicted octanol–water partition coefficient (Wildman–Crippen LogP) is 2.78. The number of imide groups is 1. The first kappa shape index (κ1) is 22.1. The molecule has 2 aromatic carbocycles. The van der Waals surface area contributed by atoms with Crippen molar-refractivity contribution in [2.45, 2.75) is 18.4 Å². The Bertz CT molecular complexity index is 1360. The van der Waals surface area contributed by atoms with Gasteiger partial charge in [-0.2, -0.15) is 0 Å². The molecule has 1 aliphatic heterocycles. The second-order valence-electron chi connectivity index (χ2n) is 7.21. The predicted molar refractivity (Wildman–Crippen MR) is 116 cm³/mol. The average molecular weight is 468 g/mol. The minimum atomic E-state index is -4.29. The number of halogens is 1. The van der Waals surface area contributed by atoms with Gasteiger partial charge in [0.05, 0.1) is 17.0 Å². The maximum absolute atomic E-state index is 14.0. The fourth-order valence-electron chi connectivity index (χ4n) is 3.37. The lowest BCUT2D eigenvalue weighted by Gasteiger charge is -2.17. The number of carbonyl (C=O) groups excluding carboxylic acids is 3. The summed E-state index contributed by atoms with van der Waals surface area (Å²) in [4.78, 5) is 40.7. The molecule has 168 valence electrons. The van der Waals surface area contributed by atoms with Gasteiger partial charge in [-0.3, -0.25) is 29.0 Å². The smallest absolute Gasteiger partial charge is 0.280 e. The molecule has 0 atom stereocenters. The standard InChI is InChI=1S/C22H17FN4O5S/c1-13(28)25-16-6-8-17(9-7-16)26-33(31,32)19-11-15(23)5-4-14(19)12-27-21(29)18-3-2-10-24-20(18)22(27)30/h2-11,26H,12H2,1H3,(H,25,28). The van der Waals surface area contributed by atoms with Gasteiger partial charge >= 0.3 is 0 Å². The highest BCUT2D eigenvalue weighted by Crippen LogP contribution is 2.27. The van der Waals surface area contributed by atoms with E-state index >= 15 is 0 Å². The van der Waals surface area contributed by atoms with Crippen molar-refractivity contribution in [3.63, 3.8) is 0 Å². The van der Waals surface area contributed by atoms with Gasteiger partial charge in [-0.25, -0.2) is 12.8 Å². The Kier molecular flexibility index (Phi) is 5.64. The molecule has 0 radical (unpaired) electrons. The second-order valence-corrected chi connectivity index (χ2v) is 8.86. The lowest BCUT2D eigenvalue weighted by Crippen LogP contribution is -2.30. The Balaban J connectivity index is 1.62. The van der Waals surface area contributed by atoms with Crippen molar-refractivity contribution in [3.8, 4) is 0 Å². The van der Waals surface area contributed by atoms with Crippen LogP contribution in [-0.4, -0.2) is 36.0 Å². The first-order chi connectivity index (χ1) is 15.7. The summed E-state index contributed by atoms with van der Waals surface area (Å²) in [5.41, 5.74) is 0.784. The van der Waals surface area contributed by atoms with Crippen LogP contribution in [0.2, 0.25) is 0 Å². The van der Waals surface area contributed by atoms with Gasteiger partial charge in [0.15, 0.2) is 0 Å². The molecule has 1 aromatic heterocycles. The van der Waals surface area contributed by atoms with E-state index in [1.807, 2.05) is 0 Å². The maximum atomic E-state index is 14.0. The number of rotatable bonds is 6. The third-order valence-electron chi connectivity index (χ3n) is 4.84. The number of sulfonamides is 1. The van der Waals surface area contributed by atoms with Crippen LogP contribution >= 0.6 is 0 Å². The average Bonchev–Trinajstić information content (AvgIpc) is 3.01. The first-order valence-corrected chi connectivity index (χ1v) is 11.1. The van der Waals surface area contributed by atoms with E-state index in [1.54, 1.807) is 0 Å². The fraction of sp³-hybridized carbons (Fsp3) is 0.0909. The van der Waals surface area contributed by atoms with E-state index in [-0.39, 0.29) is 35.0 Å². The van der Waals surface area contributed by atoms with Gasteiger partial charge in [-0.15, -0.1) is 0 Å². The molecule has 0 unspecified atom stereocenters. The van der Waals surface area contributed by atoms with Crippen LogP contribution < -0.4 is 10.0 Å². The Morgan fingerprint density at radius 3 is 2.39 bits per heavy atom. The third kappa shape index (κ3) is 4.44. The molecule has 11 heteroatoms. The molecule has 0 fully saturated rings. The molecule has 9 nitrogen and oxygen atoms in total. The fourth-order valence-corrected chi connectivity index (χ4v) is 4.67. The summed E-state index contributed by atoms with van der Waals surface area (Å²) >= 11 is 0. The van der Waals surface area contributed by atoms with Crippen LogP contribution in [0.25, 0.3) is 0 Å². The molecule has 3 amide bonds. The van der Waals surface area contributed by atoms with Crippen LogP contribution in [0.15, 0.2) is 65.7 Å². The van der Waals surface area contributed by atoms with Crippen LogP contribution in [0.1, 0.15) is 33.3 Å². The topological polar surface area (TPSA) is 126 Å². The van der Waals surface area contributed by atoms with Crippen molar-refractivity contribution in [2.24, 2.45) is 0 Å². The van der Waals surface area contributed by atoms with E-state index in [1.165, 1.54) is 55.6 Å². The van der Waals surface area contributed by atoms with Crippen LogP contribution in [0.4, 0.5) is 15.8 Å². The number of benzene rings is 2. The van der Waals surface area contributed by atoms with Crippen molar-refractivity contribution in [1.29, 1.82) is 0 Å². The summed E-state index contributed by atoms with van der Waals surface area (Å²) in [6.07, 6.45) is 1.38. The molecule has 0 bridgehead atoms. The Morgan fingerprint density at radius 1 is 1.03 bits per heavy atom. The summed E-state index contributed by atoms with van der Waals surface area (Å²) in [5, 5.41) is 2.56. The first-order valence-electron chi connectivity index (χ1n) is 9.66. The number of pyridine rings is 1. The molecule has 0 saturated heterocycles. The van der Waals surface area contributed by atoms with E-state index in [0.717, 1.165) is 17.0 Å². The highest BCUT2D eigenvalue weighted by Gasteiger charge is 2.37. The van der Waals surface area contributed by atoms with Gasteiger partial charge in [0.2, 0.25) is 5.91 Å². The van der Waals surface area contributed by atoms with E-state index in [0.29, 0.717) is 5.69 Å². The third-order valence-corrected chi connectivity index (χ3v) is 6.30. The zero-order valence-electron chi connectivity index (χ0n) is 17.2. The zero-order chi connectivity index (χ0) is 23.8. The van der Waals surface area contributed by atoms with Crippen molar-refractivity contribution in [3.05, 3.63) is 83.4 Å². The Labute approximate surface area is 188 Å². The van der Waals surface area contributed by atoms with Crippen LogP contribution in [0.3, 0.4) is 0 Å². The minimum Gasteiger partial charge on any atom is -0.326 e. The number of fused-ring (bicyclic) bond motifs is 1.